The van der Waals surface area contributed by atoms with Crippen molar-refractivity contribution in [2.45, 2.75) is 25.0 Å². The second-order valence-corrected chi connectivity index (χ2v) is 7.63. The molecule has 0 bridgehead atoms. The second-order valence-electron chi connectivity index (χ2n) is 2.92. The van der Waals surface area contributed by atoms with E-state index in [1.807, 2.05) is 0 Å². The topological polar surface area (TPSA) is 27.7 Å². The molecular formula is C6H10ClO3PS. The minimum Gasteiger partial charge on any atom is -0.373 e. The van der Waals surface area contributed by atoms with Gasteiger partial charge in [0, 0.05) is 6.61 Å². The van der Waals surface area contributed by atoms with Crippen molar-refractivity contribution in [2.75, 3.05) is 13.2 Å². The van der Waals surface area contributed by atoms with Crippen LogP contribution in [0, 0.1) is 0 Å². The lowest BCUT2D eigenvalue weighted by molar-refractivity contribution is -0.0996. The van der Waals surface area contributed by atoms with Crippen LogP contribution in [0.15, 0.2) is 0 Å². The molecule has 2 heterocycles. The average Bonchev–Trinajstić information content (AvgIpc) is 2.02. The van der Waals surface area contributed by atoms with Crippen molar-refractivity contribution < 1.29 is 13.8 Å². The summed E-state index contributed by atoms with van der Waals surface area (Å²) in [5, 5.41) is 0. The molecule has 2 fully saturated rings. The maximum atomic E-state index is 5.82. The van der Waals surface area contributed by atoms with Gasteiger partial charge >= 0.3 is 0 Å². The average molecular weight is 229 g/mol. The van der Waals surface area contributed by atoms with Gasteiger partial charge in [-0.1, -0.05) is 0 Å². The number of ether oxygens (including phenoxy) is 1. The molecule has 3 nitrogen and oxygen atoms in total. The van der Waals surface area contributed by atoms with Crippen molar-refractivity contribution in [1.82, 2.24) is 0 Å². The Bertz CT molecular complexity index is 225. The molecule has 1 unspecified atom stereocenters. The first kappa shape index (κ1) is 9.38. The molecule has 0 amide bonds. The summed E-state index contributed by atoms with van der Waals surface area (Å²) < 4.78 is 16.0. The molecule has 0 saturated carbocycles. The largest absolute Gasteiger partial charge is 0.373 e. The first-order chi connectivity index (χ1) is 5.67. The molecule has 12 heavy (non-hydrogen) atoms. The van der Waals surface area contributed by atoms with Crippen LogP contribution < -0.4 is 0 Å². The van der Waals surface area contributed by atoms with Crippen LogP contribution in [0.25, 0.3) is 0 Å². The molecule has 2 rings (SSSR count). The van der Waals surface area contributed by atoms with Gasteiger partial charge in [0.25, 0.3) is 5.84 Å². The fourth-order valence-electron chi connectivity index (χ4n) is 1.44. The van der Waals surface area contributed by atoms with Gasteiger partial charge in [-0.2, -0.15) is 0 Å². The van der Waals surface area contributed by atoms with Crippen LogP contribution in [-0.2, 0) is 25.6 Å². The Balaban J connectivity index is 2.03. The molecule has 0 spiro atoms. The molecule has 70 valence electrons. The van der Waals surface area contributed by atoms with Gasteiger partial charge in [-0.25, -0.2) is 0 Å². The molecule has 3 atom stereocenters. The Hall–Kier alpha value is 0.820. The number of hydrogen-bond acceptors (Lipinski definition) is 4. The van der Waals surface area contributed by atoms with E-state index >= 15 is 0 Å². The van der Waals surface area contributed by atoms with Crippen molar-refractivity contribution in [2.24, 2.45) is 0 Å². The standard InChI is InChI=1S/C6H10ClO3PS/c7-11(12)9-4-6-5(10-11)2-1-3-8-6/h5-6H,1-4H2/t5-,6+,11?/m0/s1. The molecular weight excluding hydrogens is 219 g/mol. The fourth-order valence-corrected chi connectivity index (χ4v) is 3.38. The van der Waals surface area contributed by atoms with Crippen LogP contribution in [-0.4, -0.2) is 25.4 Å². The fraction of sp³-hybridized carbons (Fsp3) is 1.00. The smallest absolute Gasteiger partial charge is 0.282 e. The zero-order valence-electron chi connectivity index (χ0n) is 6.44. The Morgan fingerprint density at radius 1 is 1.42 bits per heavy atom. The number of hydrogen-bond donors (Lipinski definition) is 0. The molecule has 0 aliphatic carbocycles. The monoisotopic (exact) mass is 228 g/mol. The van der Waals surface area contributed by atoms with Gasteiger partial charge in [0.2, 0.25) is 0 Å². The number of rotatable bonds is 0. The van der Waals surface area contributed by atoms with Gasteiger partial charge in [0.05, 0.1) is 12.7 Å². The summed E-state index contributed by atoms with van der Waals surface area (Å²) in [5.74, 6) is -2.45. The predicted octanol–water partition coefficient (Wildman–Crippen LogP) is 2.04. The number of halogens is 1. The lowest BCUT2D eigenvalue weighted by Crippen LogP contribution is -2.41. The lowest BCUT2D eigenvalue weighted by atomic mass is 10.1. The van der Waals surface area contributed by atoms with E-state index in [1.54, 1.807) is 0 Å². The van der Waals surface area contributed by atoms with Gasteiger partial charge in [-0.3, -0.25) is 0 Å². The summed E-state index contributed by atoms with van der Waals surface area (Å²) in [5.41, 5.74) is 0. The van der Waals surface area contributed by atoms with E-state index in [1.165, 1.54) is 0 Å². The first-order valence-electron chi connectivity index (χ1n) is 3.92. The van der Waals surface area contributed by atoms with Crippen molar-refractivity contribution in [3.8, 4) is 0 Å². The maximum absolute atomic E-state index is 5.82. The molecule has 0 aromatic carbocycles. The normalized spacial score (nSPS) is 48.4. The molecule has 6 heteroatoms. The molecule has 0 radical (unpaired) electrons. The van der Waals surface area contributed by atoms with Gasteiger partial charge in [0.15, 0.2) is 0 Å². The van der Waals surface area contributed by atoms with E-state index in [9.17, 15) is 0 Å². The van der Waals surface area contributed by atoms with E-state index < -0.39 is 5.84 Å². The van der Waals surface area contributed by atoms with Crippen LogP contribution in [0.4, 0.5) is 0 Å². The summed E-state index contributed by atoms with van der Waals surface area (Å²) in [7, 11) is 0. The zero-order chi connectivity index (χ0) is 8.60. The third-order valence-electron chi connectivity index (χ3n) is 2.03. The highest BCUT2D eigenvalue weighted by Crippen LogP contribution is 2.58. The third kappa shape index (κ3) is 2.00. The summed E-state index contributed by atoms with van der Waals surface area (Å²) in [6, 6.07) is 0. The van der Waals surface area contributed by atoms with E-state index in [4.69, 9.17) is 36.8 Å². The highest BCUT2D eigenvalue weighted by atomic mass is 35.7. The predicted molar refractivity (Wildman–Crippen MR) is 49.9 cm³/mol. The Morgan fingerprint density at radius 3 is 3.08 bits per heavy atom. The van der Waals surface area contributed by atoms with Crippen molar-refractivity contribution in [3.63, 3.8) is 0 Å². The van der Waals surface area contributed by atoms with Crippen molar-refractivity contribution in [1.29, 1.82) is 0 Å². The molecule has 2 saturated heterocycles. The van der Waals surface area contributed by atoms with Gasteiger partial charge in [-0.05, 0) is 35.9 Å². The maximum Gasteiger partial charge on any atom is 0.282 e. The van der Waals surface area contributed by atoms with Gasteiger partial charge in [0.1, 0.15) is 6.10 Å². The van der Waals surface area contributed by atoms with E-state index in [0.29, 0.717) is 6.61 Å². The number of fused-ring (bicyclic) bond motifs is 1. The van der Waals surface area contributed by atoms with Crippen LogP contribution in [0.5, 0.6) is 0 Å². The molecule has 0 aromatic heterocycles. The summed E-state index contributed by atoms with van der Waals surface area (Å²) in [6.45, 7) is 1.28. The third-order valence-corrected chi connectivity index (χ3v) is 4.12. The molecule has 0 aromatic rings. The minimum atomic E-state index is -2.45. The highest BCUT2D eigenvalue weighted by molar-refractivity contribution is 8.22. The Morgan fingerprint density at radius 2 is 2.25 bits per heavy atom. The van der Waals surface area contributed by atoms with Crippen LogP contribution >= 0.6 is 17.1 Å². The van der Waals surface area contributed by atoms with Crippen LogP contribution in [0.3, 0.4) is 0 Å². The summed E-state index contributed by atoms with van der Waals surface area (Å²) >= 11 is 10.8. The van der Waals surface area contributed by atoms with E-state index in [2.05, 4.69) is 0 Å². The minimum absolute atomic E-state index is 0.0496. The second kappa shape index (κ2) is 3.52. The molecule has 2 aliphatic heterocycles. The quantitative estimate of drug-likeness (QED) is 0.593. The molecule has 0 N–H and O–H groups in total. The Labute approximate surface area is 81.3 Å². The SMILES string of the molecule is S=P1(Cl)OC[C@H]2OCCC[C@@H]2O1. The highest BCUT2D eigenvalue weighted by Gasteiger charge is 2.37. The van der Waals surface area contributed by atoms with Gasteiger partial charge in [-0.15, -0.1) is 0 Å². The van der Waals surface area contributed by atoms with E-state index in [-0.39, 0.29) is 12.2 Å². The van der Waals surface area contributed by atoms with Crippen molar-refractivity contribution in [3.05, 3.63) is 0 Å². The lowest BCUT2D eigenvalue weighted by Gasteiger charge is -2.37. The zero-order valence-corrected chi connectivity index (χ0v) is 8.91. The van der Waals surface area contributed by atoms with Gasteiger partial charge < -0.3 is 13.8 Å². The summed E-state index contributed by atoms with van der Waals surface area (Å²) in [6.07, 6.45) is 2.12. The first-order valence-corrected chi connectivity index (χ1v) is 7.46. The van der Waals surface area contributed by atoms with Crippen molar-refractivity contribution >= 4 is 28.9 Å². The molecule has 2 aliphatic rings. The Kier molecular flexibility index (Phi) is 2.75. The van der Waals surface area contributed by atoms with Crippen LogP contribution in [0.2, 0.25) is 0 Å². The summed E-state index contributed by atoms with van der Waals surface area (Å²) in [4.78, 5) is 0. The van der Waals surface area contributed by atoms with Crippen LogP contribution in [0.1, 0.15) is 12.8 Å². The van der Waals surface area contributed by atoms with E-state index in [0.717, 1.165) is 19.4 Å².